The zero-order valence-corrected chi connectivity index (χ0v) is 6.89. The maximum atomic E-state index is 5.66. The Morgan fingerprint density at radius 2 is 2.20 bits per heavy atom. The molecule has 0 saturated heterocycles. The Labute approximate surface area is 62.8 Å². The molecule has 58 valence electrons. The van der Waals surface area contributed by atoms with Crippen LogP contribution in [0.2, 0.25) is 0 Å². The Kier molecular flexibility index (Phi) is 1.31. The Balaban J connectivity index is 1.98. The predicted octanol–water partition coefficient (Wildman–Crippen LogP) is 2.21. The number of rotatable bonds is 2. The van der Waals surface area contributed by atoms with Crippen LogP contribution < -0.4 is 0 Å². The number of fused-ring (bicyclic) bond motifs is 1. The minimum Gasteiger partial charge on any atom is -0.378 e. The van der Waals surface area contributed by atoms with Crippen LogP contribution in [0.25, 0.3) is 0 Å². The quantitative estimate of drug-likeness (QED) is 0.571. The first-order chi connectivity index (χ1) is 4.74. The van der Waals surface area contributed by atoms with Gasteiger partial charge in [-0.1, -0.05) is 6.92 Å². The molecule has 3 rings (SSSR count). The van der Waals surface area contributed by atoms with Gasteiger partial charge in [0.05, 0.1) is 6.10 Å². The zero-order valence-electron chi connectivity index (χ0n) is 6.89. The van der Waals surface area contributed by atoms with Crippen LogP contribution in [0, 0.1) is 11.3 Å². The van der Waals surface area contributed by atoms with E-state index in [1.54, 1.807) is 0 Å². The molecule has 0 radical (unpaired) electrons. The van der Waals surface area contributed by atoms with E-state index in [0.717, 1.165) is 12.5 Å². The van der Waals surface area contributed by atoms with Gasteiger partial charge in [0.1, 0.15) is 0 Å². The fourth-order valence-electron chi connectivity index (χ4n) is 2.75. The minimum absolute atomic E-state index is 0.584. The number of ether oxygens (including phenoxy) is 1. The van der Waals surface area contributed by atoms with Gasteiger partial charge in [0.25, 0.3) is 0 Å². The molecule has 2 bridgehead atoms. The van der Waals surface area contributed by atoms with Crippen LogP contribution in [-0.2, 0) is 4.74 Å². The highest BCUT2D eigenvalue weighted by atomic mass is 16.5. The van der Waals surface area contributed by atoms with Gasteiger partial charge < -0.3 is 4.74 Å². The second kappa shape index (κ2) is 1.97. The molecule has 0 N–H and O–H groups in total. The molecule has 3 aliphatic rings. The maximum Gasteiger partial charge on any atom is 0.0631 e. The van der Waals surface area contributed by atoms with E-state index in [-0.39, 0.29) is 0 Å². The summed E-state index contributed by atoms with van der Waals surface area (Å²) in [7, 11) is 0. The summed E-state index contributed by atoms with van der Waals surface area (Å²) in [6.07, 6.45) is 4.79. The third-order valence-corrected chi connectivity index (χ3v) is 3.20. The third-order valence-electron chi connectivity index (χ3n) is 3.20. The van der Waals surface area contributed by atoms with Gasteiger partial charge in [-0.2, -0.15) is 0 Å². The Hall–Kier alpha value is -0.0400. The van der Waals surface area contributed by atoms with Crippen molar-refractivity contribution in [3.05, 3.63) is 0 Å². The van der Waals surface area contributed by atoms with Gasteiger partial charge >= 0.3 is 0 Å². The first-order valence-corrected chi connectivity index (χ1v) is 4.36. The summed E-state index contributed by atoms with van der Waals surface area (Å²) in [4.78, 5) is 0. The molecule has 3 fully saturated rings. The minimum atomic E-state index is 0.584. The van der Waals surface area contributed by atoms with Crippen molar-refractivity contribution in [2.45, 2.75) is 39.2 Å². The van der Waals surface area contributed by atoms with Crippen molar-refractivity contribution >= 4 is 0 Å². The SMILES string of the molecule is CCOC1CC2CC1(C)C2. The standard InChI is InChI=1S/C9H16O/c1-3-10-8-4-7-5-9(8,2)6-7/h7-8H,3-6H2,1-2H3. The first kappa shape index (κ1) is 6.66. The zero-order chi connectivity index (χ0) is 7.19. The van der Waals surface area contributed by atoms with Gasteiger partial charge in [0.2, 0.25) is 0 Å². The molecule has 3 saturated carbocycles. The fourth-order valence-corrected chi connectivity index (χ4v) is 2.75. The average molecular weight is 140 g/mol. The first-order valence-electron chi connectivity index (χ1n) is 4.36. The van der Waals surface area contributed by atoms with Crippen LogP contribution in [-0.4, -0.2) is 12.7 Å². The third kappa shape index (κ3) is 0.731. The molecule has 0 aromatic rings. The normalized spacial score (nSPS) is 51.0. The van der Waals surface area contributed by atoms with Gasteiger partial charge in [0.15, 0.2) is 0 Å². The van der Waals surface area contributed by atoms with Crippen LogP contribution in [0.5, 0.6) is 0 Å². The van der Waals surface area contributed by atoms with Crippen LogP contribution in [0.15, 0.2) is 0 Å². The van der Waals surface area contributed by atoms with E-state index in [9.17, 15) is 0 Å². The summed E-state index contributed by atoms with van der Waals surface area (Å²) in [5.74, 6) is 1.02. The molecule has 1 atom stereocenters. The van der Waals surface area contributed by atoms with Crippen molar-refractivity contribution in [2.75, 3.05) is 6.61 Å². The van der Waals surface area contributed by atoms with Crippen molar-refractivity contribution in [2.24, 2.45) is 11.3 Å². The lowest BCUT2D eigenvalue weighted by atomic mass is 9.71. The topological polar surface area (TPSA) is 9.23 Å². The molecule has 0 heterocycles. The molecule has 0 amide bonds. The second-order valence-electron chi connectivity index (χ2n) is 4.11. The summed E-state index contributed by atoms with van der Waals surface area (Å²) in [5, 5.41) is 0. The van der Waals surface area contributed by atoms with Gasteiger partial charge in [-0.25, -0.2) is 0 Å². The molecule has 3 aliphatic carbocycles. The summed E-state index contributed by atoms with van der Waals surface area (Å²) in [5.41, 5.74) is 0.584. The highest BCUT2D eigenvalue weighted by Crippen LogP contribution is 2.59. The van der Waals surface area contributed by atoms with Gasteiger partial charge in [0, 0.05) is 6.61 Å². The Morgan fingerprint density at radius 3 is 2.60 bits per heavy atom. The molecule has 0 aliphatic heterocycles. The van der Waals surface area contributed by atoms with Gasteiger partial charge in [-0.3, -0.25) is 0 Å². The molecular weight excluding hydrogens is 124 g/mol. The highest BCUT2D eigenvalue weighted by Gasteiger charge is 2.54. The smallest absolute Gasteiger partial charge is 0.0631 e. The molecular formula is C9H16O. The average Bonchev–Trinajstić information content (AvgIpc) is 2.21. The monoisotopic (exact) mass is 140 g/mol. The molecule has 0 aromatic heterocycles. The summed E-state index contributed by atoms with van der Waals surface area (Å²) >= 11 is 0. The van der Waals surface area contributed by atoms with E-state index in [0.29, 0.717) is 11.5 Å². The lowest BCUT2D eigenvalue weighted by Gasteiger charge is -2.37. The van der Waals surface area contributed by atoms with Crippen molar-refractivity contribution in [1.29, 1.82) is 0 Å². The lowest BCUT2D eigenvalue weighted by molar-refractivity contribution is -0.0130. The van der Waals surface area contributed by atoms with E-state index >= 15 is 0 Å². The number of hydrogen-bond acceptors (Lipinski definition) is 1. The van der Waals surface area contributed by atoms with E-state index in [2.05, 4.69) is 13.8 Å². The lowest BCUT2D eigenvalue weighted by Crippen LogP contribution is -2.32. The molecule has 0 aromatic carbocycles. The van der Waals surface area contributed by atoms with E-state index in [1.165, 1.54) is 19.3 Å². The van der Waals surface area contributed by atoms with Gasteiger partial charge in [-0.15, -0.1) is 0 Å². The summed E-state index contributed by atoms with van der Waals surface area (Å²) in [6, 6.07) is 0. The van der Waals surface area contributed by atoms with E-state index < -0.39 is 0 Å². The molecule has 1 unspecified atom stereocenters. The molecule has 0 spiro atoms. The summed E-state index contributed by atoms with van der Waals surface area (Å²) < 4.78 is 5.66. The fraction of sp³-hybridized carbons (Fsp3) is 1.00. The second-order valence-corrected chi connectivity index (χ2v) is 4.11. The van der Waals surface area contributed by atoms with Crippen molar-refractivity contribution in [3.63, 3.8) is 0 Å². The van der Waals surface area contributed by atoms with Crippen molar-refractivity contribution in [3.8, 4) is 0 Å². The molecule has 10 heavy (non-hydrogen) atoms. The van der Waals surface area contributed by atoms with Crippen molar-refractivity contribution in [1.82, 2.24) is 0 Å². The highest BCUT2D eigenvalue weighted by molar-refractivity contribution is 5.04. The predicted molar refractivity (Wildman–Crippen MR) is 40.9 cm³/mol. The van der Waals surface area contributed by atoms with E-state index in [1.807, 2.05) is 0 Å². The van der Waals surface area contributed by atoms with Crippen LogP contribution >= 0.6 is 0 Å². The Bertz CT molecular complexity index is 136. The van der Waals surface area contributed by atoms with Crippen LogP contribution in [0.4, 0.5) is 0 Å². The summed E-state index contributed by atoms with van der Waals surface area (Å²) in [6.45, 7) is 5.36. The molecule has 1 heteroatoms. The number of hydrogen-bond donors (Lipinski definition) is 0. The van der Waals surface area contributed by atoms with E-state index in [4.69, 9.17) is 4.74 Å². The van der Waals surface area contributed by atoms with Crippen LogP contribution in [0.3, 0.4) is 0 Å². The van der Waals surface area contributed by atoms with Crippen molar-refractivity contribution < 1.29 is 4.74 Å². The maximum absolute atomic E-state index is 5.66. The largest absolute Gasteiger partial charge is 0.378 e. The van der Waals surface area contributed by atoms with Gasteiger partial charge in [-0.05, 0) is 37.5 Å². The Morgan fingerprint density at radius 1 is 1.50 bits per heavy atom. The molecule has 1 nitrogen and oxygen atoms in total. The van der Waals surface area contributed by atoms with Crippen LogP contribution in [0.1, 0.15) is 33.1 Å².